The summed E-state index contributed by atoms with van der Waals surface area (Å²) in [5.41, 5.74) is 2.48. The molecule has 1 N–H and O–H groups in total. The van der Waals surface area contributed by atoms with Gasteiger partial charge in [-0.1, -0.05) is 43.7 Å². The first-order valence-corrected chi connectivity index (χ1v) is 7.84. The summed E-state index contributed by atoms with van der Waals surface area (Å²) >= 11 is 1.73. The Hall–Kier alpha value is -1.00. The summed E-state index contributed by atoms with van der Waals surface area (Å²) in [7, 11) is 0. The number of hydrogen-bond donors (Lipinski definition) is 1. The van der Waals surface area contributed by atoms with E-state index in [1.165, 1.54) is 11.1 Å². The molecule has 1 saturated heterocycles. The summed E-state index contributed by atoms with van der Waals surface area (Å²) in [5, 5.41) is 3.55. The van der Waals surface area contributed by atoms with E-state index in [0.717, 1.165) is 13.1 Å². The Balaban J connectivity index is 2.04. The number of nitrogens with one attached hydrogen (secondary N) is 1. The molecule has 19 heavy (non-hydrogen) atoms. The van der Waals surface area contributed by atoms with Crippen LogP contribution >= 0.6 is 11.8 Å². The molecular formula is C15H22N2OS. The van der Waals surface area contributed by atoms with Crippen molar-refractivity contribution in [3.05, 3.63) is 35.4 Å². The number of amides is 1. The van der Waals surface area contributed by atoms with Gasteiger partial charge < -0.3 is 10.2 Å². The molecule has 1 fully saturated rings. The van der Waals surface area contributed by atoms with Crippen LogP contribution in [0, 0.1) is 6.92 Å². The summed E-state index contributed by atoms with van der Waals surface area (Å²) in [6.07, 6.45) is 0. The van der Waals surface area contributed by atoms with Crippen LogP contribution < -0.4 is 5.32 Å². The van der Waals surface area contributed by atoms with Gasteiger partial charge in [-0.15, -0.1) is 11.8 Å². The number of aryl methyl sites for hydroxylation is 1. The van der Waals surface area contributed by atoms with Crippen LogP contribution in [-0.2, 0) is 4.79 Å². The number of carbonyl (C=O) groups is 1. The maximum Gasteiger partial charge on any atom is 0.233 e. The van der Waals surface area contributed by atoms with Gasteiger partial charge in [-0.3, -0.25) is 4.79 Å². The maximum absolute atomic E-state index is 12.0. The molecule has 1 heterocycles. The molecule has 0 saturated carbocycles. The van der Waals surface area contributed by atoms with E-state index < -0.39 is 0 Å². The van der Waals surface area contributed by atoms with Crippen LogP contribution in [0.2, 0.25) is 0 Å². The lowest BCUT2D eigenvalue weighted by atomic mass is 10.1. The molecular weight excluding hydrogens is 256 g/mol. The second-order valence-electron chi connectivity index (χ2n) is 5.27. The summed E-state index contributed by atoms with van der Waals surface area (Å²) in [6, 6.07) is 8.92. The van der Waals surface area contributed by atoms with E-state index in [2.05, 4.69) is 50.4 Å². The Morgan fingerprint density at radius 1 is 1.47 bits per heavy atom. The van der Waals surface area contributed by atoms with Crippen LogP contribution in [0.3, 0.4) is 0 Å². The number of benzene rings is 1. The number of carbonyl (C=O) groups excluding carboxylic acids is 1. The van der Waals surface area contributed by atoms with Gasteiger partial charge in [0.1, 0.15) is 5.37 Å². The minimum atomic E-state index is 0.182. The molecule has 1 aromatic rings. The van der Waals surface area contributed by atoms with E-state index in [9.17, 15) is 4.79 Å². The first-order valence-electron chi connectivity index (χ1n) is 6.79. The van der Waals surface area contributed by atoms with Crippen molar-refractivity contribution in [2.75, 3.05) is 18.8 Å². The summed E-state index contributed by atoms with van der Waals surface area (Å²) in [4.78, 5) is 14.0. The third-order valence-corrected chi connectivity index (χ3v) is 4.46. The molecule has 0 radical (unpaired) electrons. The molecule has 4 heteroatoms. The molecule has 1 aromatic carbocycles. The third kappa shape index (κ3) is 3.74. The summed E-state index contributed by atoms with van der Waals surface area (Å²) in [6.45, 7) is 7.97. The molecule has 1 aliphatic heterocycles. The molecule has 0 unspecified atom stereocenters. The Morgan fingerprint density at radius 2 is 2.26 bits per heavy atom. The fraction of sp³-hybridized carbons (Fsp3) is 0.533. The van der Waals surface area contributed by atoms with E-state index >= 15 is 0 Å². The molecule has 3 nitrogen and oxygen atoms in total. The smallest absolute Gasteiger partial charge is 0.233 e. The SMILES string of the molecule is Cc1cccc([C@H]2SCC(=O)N2CCNC(C)C)c1. The van der Waals surface area contributed by atoms with E-state index in [0.29, 0.717) is 11.8 Å². The van der Waals surface area contributed by atoms with Gasteiger partial charge in [0.15, 0.2) is 0 Å². The van der Waals surface area contributed by atoms with Crippen LogP contribution in [0.15, 0.2) is 24.3 Å². The fourth-order valence-corrected chi connectivity index (χ4v) is 3.48. The summed E-state index contributed by atoms with van der Waals surface area (Å²) in [5.74, 6) is 0.849. The quantitative estimate of drug-likeness (QED) is 0.898. The van der Waals surface area contributed by atoms with Gasteiger partial charge in [0.25, 0.3) is 0 Å². The van der Waals surface area contributed by atoms with Crippen LogP contribution in [0.5, 0.6) is 0 Å². The van der Waals surface area contributed by atoms with Gasteiger partial charge in [-0.05, 0) is 12.5 Å². The predicted octanol–water partition coefficient (Wildman–Crippen LogP) is 2.57. The molecule has 1 atom stereocenters. The first kappa shape index (κ1) is 14.4. The van der Waals surface area contributed by atoms with Gasteiger partial charge in [0.2, 0.25) is 5.91 Å². The average molecular weight is 278 g/mol. The highest BCUT2D eigenvalue weighted by atomic mass is 32.2. The van der Waals surface area contributed by atoms with Crippen molar-refractivity contribution in [1.82, 2.24) is 10.2 Å². The van der Waals surface area contributed by atoms with Crippen LogP contribution in [-0.4, -0.2) is 35.7 Å². The largest absolute Gasteiger partial charge is 0.325 e. The average Bonchev–Trinajstić information content (AvgIpc) is 2.71. The van der Waals surface area contributed by atoms with Gasteiger partial charge >= 0.3 is 0 Å². The highest BCUT2D eigenvalue weighted by Gasteiger charge is 2.32. The molecule has 1 amide bonds. The van der Waals surface area contributed by atoms with E-state index in [4.69, 9.17) is 0 Å². The highest BCUT2D eigenvalue weighted by Crippen LogP contribution is 2.38. The monoisotopic (exact) mass is 278 g/mol. The molecule has 0 spiro atoms. The molecule has 104 valence electrons. The van der Waals surface area contributed by atoms with Crippen LogP contribution in [0.25, 0.3) is 0 Å². The second kappa shape index (κ2) is 6.44. The Morgan fingerprint density at radius 3 is 2.95 bits per heavy atom. The van der Waals surface area contributed by atoms with E-state index in [1.807, 2.05) is 4.90 Å². The van der Waals surface area contributed by atoms with Crippen molar-refractivity contribution < 1.29 is 4.79 Å². The van der Waals surface area contributed by atoms with Gasteiger partial charge in [0.05, 0.1) is 5.75 Å². The number of nitrogens with zero attached hydrogens (tertiary/aromatic N) is 1. The number of rotatable bonds is 5. The molecule has 2 rings (SSSR count). The van der Waals surface area contributed by atoms with Crippen molar-refractivity contribution in [3.8, 4) is 0 Å². The van der Waals surface area contributed by atoms with Gasteiger partial charge in [0, 0.05) is 19.1 Å². The first-order chi connectivity index (χ1) is 9.08. The molecule has 0 aliphatic carbocycles. The zero-order valence-corrected chi connectivity index (χ0v) is 12.7. The zero-order valence-electron chi connectivity index (χ0n) is 11.8. The lowest BCUT2D eigenvalue weighted by Crippen LogP contribution is -2.37. The van der Waals surface area contributed by atoms with Gasteiger partial charge in [-0.25, -0.2) is 0 Å². The lowest BCUT2D eigenvalue weighted by molar-refractivity contribution is -0.128. The van der Waals surface area contributed by atoms with Crippen molar-refractivity contribution in [2.45, 2.75) is 32.2 Å². The van der Waals surface area contributed by atoms with E-state index in [-0.39, 0.29) is 11.3 Å². The molecule has 1 aliphatic rings. The normalized spacial score (nSPS) is 19.5. The predicted molar refractivity (Wildman–Crippen MR) is 81.2 cm³/mol. The molecule has 0 aromatic heterocycles. The highest BCUT2D eigenvalue weighted by molar-refractivity contribution is 8.00. The Kier molecular flexibility index (Phi) is 4.88. The van der Waals surface area contributed by atoms with Crippen molar-refractivity contribution in [3.63, 3.8) is 0 Å². The van der Waals surface area contributed by atoms with Gasteiger partial charge in [-0.2, -0.15) is 0 Å². The summed E-state index contributed by atoms with van der Waals surface area (Å²) < 4.78 is 0. The van der Waals surface area contributed by atoms with Crippen molar-refractivity contribution in [2.24, 2.45) is 0 Å². The Labute approximate surface area is 119 Å². The number of hydrogen-bond acceptors (Lipinski definition) is 3. The fourth-order valence-electron chi connectivity index (χ4n) is 2.27. The Bertz CT molecular complexity index is 448. The zero-order chi connectivity index (χ0) is 13.8. The van der Waals surface area contributed by atoms with Crippen LogP contribution in [0.4, 0.5) is 0 Å². The second-order valence-corrected chi connectivity index (χ2v) is 6.34. The van der Waals surface area contributed by atoms with Crippen molar-refractivity contribution in [1.29, 1.82) is 0 Å². The minimum absolute atomic E-state index is 0.182. The number of thioether (sulfide) groups is 1. The third-order valence-electron chi connectivity index (χ3n) is 3.20. The van der Waals surface area contributed by atoms with Crippen molar-refractivity contribution >= 4 is 17.7 Å². The maximum atomic E-state index is 12.0. The van der Waals surface area contributed by atoms with E-state index in [1.54, 1.807) is 11.8 Å². The van der Waals surface area contributed by atoms with Crippen LogP contribution in [0.1, 0.15) is 30.3 Å². The lowest BCUT2D eigenvalue weighted by Gasteiger charge is -2.25. The molecule has 0 bridgehead atoms. The standard InChI is InChI=1S/C15H22N2OS/c1-11(2)16-7-8-17-14(18)10-19-15(17)13-6-4-5-12(3)9-13/h4-6,9,11,15-16H,7-8,10H2,1-3H3/t15-/m1/s1. The minimum Gasteiger partial charge on any atom is -0.325 e. The topological polar surface area (TPSA) is 32.3 Å².